The minimum atomic E-state index is -0.339. The molecule has 2 aromatic carbocycles. The molecule has 4 aromatic rings. The Bertz CT molecular complexity index is 1190. The molecule has 8 heteroatoms. The van der Waals surface area contributed by atoms with Crippen molar-refractivity contribution in [3.8, 4) is 11.5 Å². The summed E-state index contributed by atoms with van der Waals surface area (Å²) in [7, 11) is 0. The van der Waals surface area contributed by atoms with E-state index in [1.165, 1.54) is 24.7 Å². The van der Waals surface area contributed by atoms with Crippen molar-refractivity contribution in [1.82, 2.24) is 19.9 Å². The van der Waals surface area contributed by atoms with Crippen molar-refractivity contribution in [2.75, 3.05) is 13.2 Å². The Morgan fingerprint density at radius 1 is 1.20 bits per heavy atom. The van der Waals surface area contributed by atoms with Gasteiger partial charge in [0.05, 0.1) is 19.1 Å². The first-order chi connectivity index (χ1) is 14.7. The number of carbonyl (C=O) groups is 1. The molecule has 1 aliphatic heterocycles. The van der Waals surface area contributed by atoms with Gasteiger partial charge in [0.1, 0.15) is 18.1 Å². The zero-order valence-corrected chi connectivity index (χ0v) is 16.0. The van der Waals surface area contributed by atoms with Crippen LogP contribution in [0.25, 0.3) is 10.9 Å². The number of rotatable bonds is 5. The number of para-hydroxylation sites is 2. The minimum Gasteiger partial charge on any atom is -0.486 e. The number of nitrogens with zero attached hydrogens (tertiary/aromatic N) is 2. The van der Waals surface area contributed by atoms with E-state index in [1.54, 1.807) is 17.2 Å². The molecule has 1 atom stereocenters. The van der Waals surface area contributed by atoms with Crippen LogP contribution in [0.2, 0.25) is 0 Å². The zero-order chi connectivity index (χ0) is 20.5. The third-order valence-corrected chi connectivity index (χ3v) is 5.10. The van der Waals surface area contributed by atoms with Crippen LogP contribution in [0.3, 0.4) is 0 Å². The fraction of sp³-hybridized carbons (Fsp3) is 0.182. The number of ether oxygens (including phenoxy) is 2. The SMILES string of the molecule is O=C(c1cnc[nH]1)N(Cc1c[nH]c2ccc(F)cc12)CC1COc2ccccc2O1. The molecule has 2 aromatic heterocycles. The van der Waals surface area contributed by atoms with Crippen LogP contribution in [0.15, 0.2) is 61.2 Å². The quantitative estimate of drug-likeness (QED) is 0.531. The highest BCUT2D eigenvalue weighted by Gasteiger charge is 2.27. The molecule has 1 amide bonds. The van der Waals surface area contributed by atoms with Gasteiger partial charge in [0.2, 0.25) is 0 Å². The van der Waals surface area contributed by atoms with E-state index in [-0.39, 0.29) is 24.4 Å². The maximum Gasteiger partial charge on any atom is 0.272 e. The highest BCUT2D eigenvalue weighted by Crippen LogP contribution is 2.31. The molecule has 2 N–H and O–H groups in total. The number of hydrogen-bond donors (Lipinski definition) is 2. The number of benzene rings is 2. The molecule has 0 aliphatic carbocycles. The van der Waals surface area contributed by atoms with Crippen LogP contribution in [0, 0.1) is 5.82 Å². The van der Waals surface area contributed by atoms with Crippen LogP contribution in [0.4, 0.5) is 4.39 Å². The number of fused-ring (bicyclic) bond motifs is 2. The zero-order valence-electron chi connectivity index (χ0n) is 16.0. The van der Waals surface area contributed by atoms with Gasteiger partial charge in [-0.05, 0) is 35.9 Å². The van der Waals surface area contributed by atoms with E-state index in [0.717, 1.165) is 16.5 Å². The molecule has 1 aliphatic rings. The first-order valence-electron chi connectivity index (χ1n) is 9.59. The first kappa shape index (κ1) is 18.2. The molecule has 0 fully saturated rings. The number of aromatic amines is 2. The van der Waals surface area contributed by atoms with Crippen LogP contribution in [-0.4, -0.2) is 45.0 Å². The van der Waals surface area contributed by atoms with Gasteiger partial charge in [-0.1, -0.05) is 12.1 Å². The number of halogens is 1. The highest BCUT2D eigenvalue weighted by atomic mass is 19.1. The molecule has 0 saturated carbocycles. The van der Waals surface area contributed by atoms with Gasteiger partial charge in [-0.15, -0.1) is 0 Å². The van der Waals surface area contributed by atoms with E-state index < -0.39 is 0 Å². The molecule has 0 bridgehead atoms. The van der Waals surface area contributed by atoms with Crippen LogP contribution in [0.1, 0.15) is 16.1 Å². The van der Waals surface area contributed by atoms with E-state index in [0.29, 0.717) is 30.3 Å². The molecule has 5 rings (SSSR count). The summed E-state index contributed by atoms with van der Waals surface area (Å²) in [6, 6.07) is 12.0. The van der Waals surface area contributed by atoms with Crippen molar-refractivity contribution in [2.45, 2.75) is 12.6 Å². The summed E-state index contributed by atoms with van der Waals surface area (Å²) in [5, 5.41) is 0.739. The van der Waals surface area contributed by atoms with Crippen molar-refractivity contribution >= 4 is 16.8 Å². The van der Waals surface area contributed by atoms with Gasteiger partial charge in [-0.2, -0.15) is 0 Å². The van der Waals surface area contributed by atoms with Gasteiger partial charge in [0.15, 0.2) is 17.6 Å². The fourth-order valence-electron chi connectivity index (χ4n) is 3.65. The lowest BCUT2D eigenvalue weighted by Gasteiger charge is -2.31. The lowest BCUT2D eigenvalue weighted by Crippen LogP contribution is -2.43. The van der Waals surface area contributed by atoms with E-state index in [9.17, 15) is 9.18 Å². The largest absolute Gasteiger partial charge is 0.486 e. The molecule has 1 unspecified atom stereocenters. The van der Waals surface area contributed by atoms with Crippen molar-refractivity contribution < 1.29 is 18.7 Å². The summed E-state index contributed by atoms with van der Waals surface area (Å²) in [4.78, 5) is 24.7. The Balaban J connectivity index is 1.42. The maximum absolute atomic E-state index is 13.8. The van der Waals surface area contributed by atoms with Crippen LogP contribution in [0.5, 0.6) is 11.5 Å². The predicted octanol–water partition coefficient (Wildman–Crippen LogP) is 3.51. The molecular formula is C22H19FN4O3. The summed E-state index contributed by atoms with van der Waals surface area (Å²) in [5.74, 6) is 0.792. The summed E-state index contributed by atoms with van der Waals surface area (Å²) < 4.78 is 25.6. The molecule has 7 nitrogen and oxygen atoms in total. The Morgan fingerprint density at radius 2 is 2.07 bits per heavy atom. The number of hydrogen-bond acceptors (Lipinski definition) is 4. The number of aromatic nitrogens is 3. The highest BCUT2D eigenvalue weighted by molar-refractivity contribution is 5.92. The minimum absolute atomic E-state index is 0.222. The molecule has 30 heavy (non-hydrogen) atoms. The van der Waals surface area contributed by atoms with Gasteiger partial charge >= 0.3 is 0 Å². The molecule has 3 heterocycles. The monoisotopic (exact) mass is 406 g/mol. The van der Waals surface area contributed by atoms with Crippen molar-refractivity contribution in [1.29, 1.82) is 0 Å². The average Bonchev–Trinajstić information content (AvgIpc) is 3.43. The third kappa shape index (κ3) is 3.47. The van der Waals surface area contributed by atoms with E-state index in [2.05, 4.69) is 15.0 Å². The van der Waals surface area contributed by atoms with Crippen LogP contribution < -0.4 is 9.47 Å². The Kier molecular flexibility index (Phi) is 4.59. The first-order valence-corrected chi connectivity index (χ1v) is 9.59. The number of amides is 1. The molecule has 0 spiro atoms. The van der Waals surface area contributed by atoms with Gasteiger partial charge in [0, 0.05) is 23.6 Å². The standard InChI is InChI=1S/C22H19FN4O3/c23-15-5-6-18-17(7-15)14(8-25-18)10-27(22(28)19-9-24-13-26-19)11-16-12-29-20-3-1-2-4-21(20)30-16/h1-9,13,16,25H,10-12H2,(H,24,26). The lowest BCUT2D eigenvalue weighted by molar-refractivity contribution is 0.0442. The van der Waals surface area contributed by atoms with Gasteiger partial charge in [0.25, 0.3) is 5.91 Å². The normalized spacial score (nSPS) is 15.3. The second-order valence-electron chi connectivity index (χ2n) is 7.15. The van der Waals surface area contributed by atoms with E-state index in [4.69, 9.17) is 9.47 Å². The lowest BCUT2D eigenvalue weighted by atomic mass is 10.1. The summed E-state index contributed by atoms with van der Waals surface area (Å²) >= 11 is 0. The van der Waals surface area contributed by atoms with Gasteiger partial charge in [-0.25, -0.2) is 9.37 Å². The second kappa shape index (κ2) is 7.55. The maximum atomic E-state index is 13.8. The van der Waals surface area contributed by atoms with Crippen LogP contribution in [-0.2, 0) is 6.54 Å². The van der Waals surface area contributed by atoms with Gasteiger partial charge in [-0.3, -0.25) is 4.79 Å². The third-order valence-electron chi connectivity index (χ3n) is 5.10. The molecule has 0 radical (unpaired) electrons. The van der Waals surface area contributed by atoms with Crippen molar-refractivity contribution in [2.24, 2.45) is 0 Å². The van der Waals surface area contributed by atoms with Crippen molar-refractivity contribution in [3.63, 3.8) is 0 Å². The molecule has 0 saturated heterocycles. The number of imidazole rings is 1. The van der Waals surface area contributed by atoms with Crippen molar-refractivity contribution in [3.05, 3.63) is 78.3 Å². The summed E-state index contributed by atoms with van der Waals surface area (Å²) in [6.07, 6.45) is 4.40. The summed E-state index contributed by atoms with van der Waals surface area (Å²) in [5.41, 5.74) is 2.00. The second-order valence-corrected chi connectivity index (χ2v) is 7.15. The number of H-pyrrole nitrogens is 2. The van der Waals surface area contributed by atoms with E-state index in [1.807, 2.05) is 24.3 Å². The Hall–Kier alpha value is -3.81. The topological polar surface area (TPSA) is 83.2 Å². The van der Waals surface area contributed by atoms with Crippen LogP contribution >= 0.6 is 0 Å². The van der Waals surface area contributed by atoms with Gasteiger partial charge < -0.3 is 24.3 Å². The Labute approximate surface area is 171 Å². The summed E-state index contributed by atoms with van der Waals surface area (Å²) in [6.45, 7) is 0.906. The molecule has 152 valence electrons. The smallest absolute Gasteiger partial charge is 0.272 e. The predicted molar refractivity (Wildman–Crippen MR) is 108 cm³/mol. The Morgan fingerprint density at radius 3 is 2.90 bits per heavy atom. The fourth-order valence-corrected chi connectivity index (χ4v) is 3.65. The average molecular weight is 406 g/mol. The number of nitrogens with one attached hydrogen (secondary N) is 2. The number of carbonyl (C=O) groups excluding carboxylic acids is 1. The van der Waals surface area contributed by atoms with E-state index >= 15 is 0 Å². The molecular weight excluding hydrogens is 387 g/mol.